The van der Waals surface area contributed by atoms with Crippen molar-refractivity contribution in [2.45, 2.75) is 57.6 Å². The maximum absolute atomic E-state index is 6.01. The van der Waals surface area contributed by atoms with Gasteiger partial charge in [0.2, 0.25) is 0 Å². The van der Waals surface area contributed by atoms with Crippen molar-refractivity contribution < 1.29 is 4.74 Å². The fourth-order valence-corrected chi connectivity index (χ4v) is 3.63. The third kappa shape index (κ3) is 2.87. The van der Waals surface area contributed by atoms with E-state index in [0.717, 1.165) is 36.6 Å². The molecule has 1 aliphatic carbocycles. The summed E-state index contributed by atoms with van der Waals surface area (Å²) in [5.74, 6) is 0. The molecule has 2 rings (SSSR count). The molecule has 1 aromatic rings. The number of aromatic nitrogens is 1. The van der Waals surface area contributed by atoms with Crippen LogP contribution in [-0.4, -0.2) is 17.6 Å². The van der Waals surface area contributed by atoms with Gasteiger partial charge in [-0.3, -0.25) is 0 Å². The van der Waals surface area contributed by atoms with Crippen molar-refractivity contribution in [2.75, 3.05) is 6.61 Å². The summed E-state index contributed by atoms with van der Waals surface area (Å²) in [5.41, 5.74) is 6.84. The molecule has 0 aliphatic heterocycles. The molecular weight excluding hydrogens is 232 g/mol. The first-order valence-electron chi connectivity index (χ1n) is 6.51. The lowest BCUT2D eigenvalue weighted by Crippen LogP contribution is -2.26. The molecule has 1 atom stereocenters. The number of ether oxygens (including phenoxy) is 1. The monoisotopic (exact) mass is 254 g/mol. The Hall–Kier alpha value is -0.450. The molecule has 96 valence electrons. The van der Waals surface area contributed by atoms with Crippen LogP contribution in [0.2, 0.25) is 0 Å². The second-order valence-electron chi connectivity index (χ2n) is 4.96. The van der Waals surface area contributed by atoms with Gasteiger partial charge < -0.3 is 10.5 Å². The summed E-state index contributed by atoms with van der Waals surface area (Å²) in [6.45, 7) is 4.85. The number of thiazole rings is 1. The van der Waals surface area contributed by atoms with Crippen molar-refractivity contribution in [3.63, 3.8) is 0 Å². The van der Waals surface area contributed by atoms with Crippen molar-refractivity contribution in [2.24, 2.45) is 5.73 Å². The van der Waals surface area contributed by atoms with Gasteiger partial charge in [0.25, 0.3) is 0 Å². The van der Waals surface area contributed by atoms with Crippen molar-refractivity contribution in [1.82, 2.24) is 4.98 Å². The predicted octanol–water partition coefficient (Wildman–Crippen LogP) is 2.84. The zero-order valence-corrected chi connectivity index (χ0v) is 11.6. The summed E-state index contributed by atoms with van der Waals surface area (Å²) in [7, 11) is 0. The summed E-state index contributed by atoms with van der Waals surface area (Å²) in [4.78, 5) is 4.74. The molecule has 4 heteroatoms. The largest absolute Gasteiger partial charge is 0.368 e. The van der Waals surface area contributed by atoms with Crippen LogP contribution in [0.1, 0.15) is 50.2 Å². The lowest BCUT2D eigenvalue weighted by Gasteiger charge is -2.26. The molecule has 17 heavy (non-hydrogen) atoms. The van der Waals surface area contributed by atoms with Crippen molar-refractivity contribution in [3.05, 3.63) is 16.1 Å². The van der Waals surface area contributed by atoms with Crippen molar-refractivity contribution in [1.29, 1.82) is 0 Å². The highest BCUT2D eigenvalue weighted by molar-refractivity contribution is 7.09. The molecule has 1 unspecified atom stereocenters. The van der Waals surface area contributed by atoms with E-state index in [1.54, 1.807) is 11.3 Å². The SMILES string of the molecule is CCOC1(c2nc(CC(C)N)cs2)CCCC1. The summed E-state index contributed by atoms with van der Waals surface area (Å²) in [6.07, 6.45) is 5.60. The quantitative estimate of drug-likeness (QED) is 0.879. The van der Waals surface area contributed by atoms with E-state index in [2.05, 4.69) is 12.3 Å². The molecule has 2 N–H and O–H groups in total. The van der Waals surface area contributed by atoms with E-state index in [4.69, 9.17) is 15.5 Å². The minimum atomic E-state index is -0.0878. The molecule has 0 bridgehead atoms. The Morgan fingerprint density at radius 3 is 2.82 bits per heavy atom. The van der Waals surface area contributed by atoms with E-state index in [1.807, 2.05) is 6.92 Å². The van der Waals surface area contributed by atoms with Crippen molar-refractivity contribution in [3.8, 4) is 0 Å². The number of rotatable bonds is 5. The van der Waals surface area contributed by atoms with Crippen LogP contribution >= 0.6 is 11.3 Å². The fourth-order valence-electron chi connectivity index (χ4n) is 2.58. The standard InChI is InChI=1S/C13H22N2OS/c1-3-16-13(6-4-5-7-13)12-15-11(9-17-12)8-10(2)14/h9-10H,3-8,14H2,1-2H3. The summed E-state index contributed by atoms with van der Waals surface area (Å²) < 4.78 is 6.01. The first-order chi connectivity index (χ1) is 8.16. The van der Waals surface area contributed by atoms with E-state index in [-0.39, 0.29) is 11.6 Å². The van der Waals surface area contributed by atoms with Gasteiger partial charge >= 0.3 is 0 Å². The highest BCUT2D eigenvalue weighted by atomic mass is 32.1. The second-order valence-corrected chi connectivity index (χ2v) is 5.82. The lowest BCUT2D eigenvalue weighted by molar-refractivity contribution is -0.0392. The van der Waals surface area contributed by atoms with Crippen LogP contribution in [-0.2, 0) is 16.8 Å². The summed E-state index contributed by atoms with van der Waals surface area (Å²) in [5, 5.41) is 3.30. The van der Waals surface area contributed by atoms with Gasteiger partial charge in [0.15, 0.2) is 0 Å². The Kier molecular flexibility index (Phi) is 4.17. The van der Waals surface area contributed by atoms with E-state index in [1.165, 1.54) is 12.8 Å². The van der Waals surface area contributed by atoms with E-state index >= 15 is 0 Å². The molecule has 1 fully saturated rings. The molecule has 3 nitrogen and oxygen atoms in total. The van der Waals surface area contributed by atoms with Crippen LogP contribution in [0.4, 0.5) is 0 Å². The van der Waals surface area contributed by atoms with Gasteiger partial charge in [0, 0.05) is 24.4 Å². The average Bonchev–Trinajstić information content (AvgIpc) is 2.87. The number of hydrogen-bond acceptors (Lipinski definition) is 4. The van der Waals surface area contributed by atoms with Crippen LogP contribution in [0.3, 0.4) is 0 Å². The highest BCUT2D eigenvalue weighted by Gasteiger charge is 2.39. The van der Waals surface area contributed by atoms with Gasteiger partial charge in [-0.25, -0.2) is 4.98 Å². The van der Waals surface area contributed by atoms with E-state index in [0.29, 0.717) is 0 Å². The predicted molar refractivity (Wildman–Crippen MR) is 71.2 cm³/mol. The molecule has 0 spiro atoms. The zero-order valence-electron chi connectivity index (χ0n) is 10.7. The Balaban J connectivity index is 2.16. The van der Waals surface area contributed by atoms with Gasteiger partial charge in [-0.2, -0.15) is 0 Å². The van der Waals surface area contributed by atoms with Crippen LogP contribution in [0.5, 0.6) is 0 Å². The number of nitrogens with two attached hydrogens (primary N) is 1. The van der Waals surface area contributed by atoms with Crippen LogP contribution in [0.25, 0.3) is 0 Å². The average molecular weight is 254 g/mol. The Morgan fingerprint density at radius 1 is 1.53 bits per heavy atom. The fraction of sp³-hybridized carbons (Fsp3) is 0.769. The molecule has 1 heterocycles. The smallest absolute Gasteiger partial charge is 0.125 e. The minimum absolute atomic E-state index is 0.0878. The lowest BCUT2D eigenvalue weighted by atomic mass is 10.0. The molecule has 1 aliphatic rings. The third-order valence-corrected chi connectivity index (χ3v) is 4.38. The van der Waals surface area contributed by atoms with Crippen molar-refractivity contribution >= 4 is 11.3 Å². The van der Waals surface area contributed by atoms with E-state index < -0.39 is 0 Å². The van der Waals surface area contributed by atoms with Gasteiger partial charge in [-0.15, -0.1) is 11.3 Å². The Morgan fingerprint density at radius 2 is 2.24 bits per heavy atom. The van der Waals surface area contributed by atoms with Gasteiger partial charge in [-0.05, 0) is 26.7 Å². The molecular formula is C13H22N2OS. The van der Waals surface area contributed by atoms with Crippen LogP contribution in [0.15, 0.2) is 5.38 Å². The summed E-state index contributed by atoms with van der Waals surface area (Å²) in [6, 6.07) is 0.177. The zero-order chi connectivity index (χ0) is 12.3. The second kappa shape index (κ2) is 5.46. The third-order valence-electron chi connectivity index (χ3n) is 3.30. The number of nitrogens with zero attached hydrogens (tertiary/aromatic N) is 1. The normalized spacial score (nSPS) is 20.6. The maximum Gasteiger partial charge on any atom is 0.125 e. The molecule has 1 aromatic heterocycles. The van der Waals surface area contributed by atoms with Crippen LogP contribution in [0, 0.1) is 0 Å². The van der Waals surface area contributed by atoms with Gasteiger partial charge in [-0.1, -0.05) is 12.8 Å². The molecule has 0 saturated heterocycles. The molecule has 0 aromatic carbocycles. The number of hydrogen-bond donors (Lipinski definition) is 1. The minimum Gasteiger partial charge on any atom is -0.368 e. The summed E-state index contributed by atoms with van der Waals surface area (Å²) >= 11 is 1.74. The first-order valence-corrected chi connectivity index (χ1v) is 7.38. The molecule has 1 saturated carbocycles. The highest BCUT2D eigenvalue weighted by Crippen LogP contribution is 2.43. The Labute approximate surface area is 107 Å². The first kappa shape index (κ1) is 13.0. The molecule has 0 amide bonds. The van der Waals surface area contributed by atoms with Crippen LogP contribution < -0.4 is 5.73 Å². The van der Waals surface area contributed by atoms with Gasteiger partial charge in [0.1, 0.15) is 10.6 Å². The maximum atomic E-state index is 6.01. The Bertz CT molecular complexity index is 356. The van der Waals surface area contributed by atoms with E-state index in [9.17, 15) is 0 Å². The van der Waals surface area contributed by atoms with Gasteiger partial charge in [0.05, 0.1) is 5.69 Å². The molecule has 0 radical (unpaired) electrons. The topological polar surface area (TPSA) is 48.1 Å².